The molecule has 0 fully saturated rings. The van der Waals surface area contributed by atoms with Gasteiger partial charge in [-0.1, -0.05) is 48.5 Å². The molecule has 6 nitrogen and oxygen atoms in total. The number of para-hydroxylation sites is 1. The number of nitrogens with zero attached hydrogens (tertiary/aromatic N) is 2. The van der Waals surface area contributed by atoms with Crippen LogP contribution in [-0.4, -0.2) is 34.9 Å². The van der Waals surface area contributed by atoms with E-state index in [-0.39, 0.29) is 18.9 Å². The summed E-state index contributed by atoms with van der Waals surface area (Å²) in [6.07, 6.45) is 2.20. The van der Waals surface area contributed by atoms with Crippen LogP contribution < -0.4 is 34.2 Å². The molecule has 4 rings (SSSR count). The monoisotopic (exact) mass is 565 g/mol. The van der Waals surface area contributed by atoms with Gasteiger partial charge in [-0.05, 0) is 78.8 Å². The molecule has 1 amide bonds. The van der Waals surface area contributed by atoms with Gasteiger partial charge in [0.05, 0.1) is 29.3 Å². The third-order valence-corrected chi connectivity index (χ3v) is 7.94. The summed E-state index contributed by atoms with van der Waals surface area (Å²) in [4.78, 5) is 32.0. The zero-order valence-corrected chi connectivity index (χ0v) is 25.0. The molecule has 0 saturated heterocycles. The van der Waals surface area contributed by atoms with Gasteiger partial charge in [0.25, 0.3) is 5.91 Å². The van der Waals surface area contributed by atoms with Crippen molar-refractivity contribution >= 4 is 40.7 Å². The summed E-state index contributed by atoms with van der Waals surface area (Å²) in [5, 5.41) is 17.5. The van der Waals surface area contributed by atoms with Gasteiger partial charge < -0.3 is 20.1 Å². The number of thioether (sulfide) groups is 1. The average Bonchev–Trinajstić information content (AvgIpc) is 3.35. The number of thiazole rings is 1. The molecule has 1 heterocycles. The van der Waals surface area contributed by atoms with Crippen molar-refractivity contribution < 1.29 is 33.6 Å². The van der Waals surface area contributed by atoms with E-state index in [1.807, 2.05) is 74.7 Å². The van der Waals surface area contributed by atoms with E-state index < -0.39 is 17.9 Å². The fourth-order valence-electron chi connectivity index (χ4n) is 4.48. The number of hydrogen-bond acceptors (Lipinski definition) is 7. The zero-order chi connectivity index (χ0) is 27.8. The van der Waals surface area contributed by atoms with E-state index >= 15 is 0 Å². The first-order valence-corrected chi connectivity index (χ1v) is 15.0. The van der Waals surface area contributed by atoms with Crippen molar-refractivity contribution in [3.05, 3.63) is 106 Å². The van der Waals surface area contributed by atoms with E-state index in [9.17, 15) is 14.7 Å². The molecule has 0 bridgehead atoms. The Kier molecular flexibility index (Phi) is 11.9. The standard InChI is InChI=1S/C31H33N3O3S2.Li/c1-21-9-7-8-12-26(21)28-17-23(13-14-27(28)30(35)33-29(31(36)37)15-16-38-3)18-34(25-10-5-4-6-11-25)19-24-20-39-22(2)32-24;/h4-14,17,20,29H,15-16,18-19H2,1-3H3,(H,33,35)(H,36,37);/q;+1/p-1/t29-;/m0./s1. The molecule has 1 aromatic heterocycles. The first-order valence-electron chi connectivity index (χ1n) is 12.8. The Balaban J connectivity index is 0.00000441. The van der Waals surface area contributed by atoms with Gasteiger partial charge in [-0.15, -0.1) is 11.3 Å². The molecule has 1 atom stereocenters. The number of benzene rings is 3. The normalized spacial score (nSPS) is 11.4. The number of amides is 1. The third kappa shape index (κ3) is 8.25. The van der Waals surface area contributed by atoms with E-state index in [1.165, 1.54) is 11.8 Å². The molecule has 0 aliphatic rings. The number of anilines is 1. The Morgan fingerprint density at radius 3 is 2.38 bits per heavy atom. The van der Waals surface area contributed by atoms with E-state index in [1.54, 1.807) is 17.4 Å². The molecule has 0 aliphatic heterocycles. The Bertz CT molecular complexity index is 1430. The number of rotatable bonds is 12. The number of aromatic nitrogens is 1. The average molecular weight is 566 g/mol. The van der Waals surface area contributed by atoms with Gasteiger partial charge >= 0.3 is 18.9 Å². The third-order valence-electron chi connectivity index (χ3n) is 6.48. The Morgan fingerprint density at radius 1 is 1.00 bits per heavy atom. The Labute approximate surface area is 256 Å². The predicted octanol–water partition coefficient (Wildman–Crippen LogP) is 2.24. The summed E-state index contributed by atoms with van der Waals surface area (Å²) in [5.74, 6) is -1.09. The molecule has 202 valence electrons. The summed E-state index contributed by atoms with van der Waals surface area (Å²) < 4.78 is 0. The quantitative estimate of drug-likeness (QED) is 0.265. The molecule has 0 radical (unpaired) electrons. The molecular weight excluding hydrogens is 533 g/mol. The van der Waals surface area contributed by atoms with Crippen LogP contribution in [0.1, 0.15) is 38.6 Å². The zero-order valence-electron chi connectivity index (χ0n) is 23.3. The van der Waals surface area contributed by atoms with Crippen LogP contribution in [0.2, 0.25) is 0 Å². The minimum atomic E-state index is -1.28. The summed E-state index contributed by atoms with van der Waals surface area (Å²) in [7, 11) is 0. The van der Waals surface area contributed by atoms with E-state index in [0.717, 1.165) is 38.6 Å². The molecule has 0 aliphatic carbocycles. The minimum Gasteiger partial charge on any atom is -0.548 e. The van der Waals surface area contributed by atoms with Crippen molar-refractivity contribution in [1.82, 2.24) is 10.3 Å². The second-order valence-electron chi connectivity index (χ2n) is 9.37. The van der Waals surface area contributed by atoms with Gasteiger partial charge in [-0.2, -0.15) is 11.8 Å². The van der Waals surface area contributed by atoms with Gasteiger partial charge in [0.15, 0.2) is 0 Å². The maximum absolute atomic E-state index is 13.4. The number of nitrogens with one attached hydrogen (secondary N) is 1. The summed E-state index contributed by atoms with van der Waals surface area (Å²) in [5.41, 5.74) is 6.27. The molecule has 0 saturated carbocycles. The summed E-state index contributed by atoms with van der Waals surface area (Å²) >= 11 is 3.16. The van der Waals surface area contributed by atoms with Gasteiger partial charge in [-0.3, -0.25) is 4.79 Å². The van der Waals surface area contributed by atoms with E-state index in [2.05, 4.69) is 32.7 Å². The van der Waals surface area contributed by atoms with Gasteiger partial charge in [0.1, 0.15) is 0 Å². The first kappa shape index (κ1) is 31.5. The number of carbonyl (C=O) groups excluding carboxylic acids is 2. The predicted molar refractivity (Wildman–Crippen MR) is 159 cm³/mol. The van der Waals surface area contributed by atoms with Crippen LogP contribution in [-0.2, 0) is 17.9 Å². The maximum atomic E-state index is 13.4. The van der Waals surface area contributed by atoms with Crippen molar-refractivity contribution in [2.75, 3.05) is 16.9 Å². The molecule has 40 heavy (non-hydrogen) atoms. The molecule has 0 unspecified atom stereocenters. The number of carboxylic acid groups (broad SMARTS) is 1. The summed E-state index contributed by atoms with van der Waals surface area (Å²) in [6.45, 7) is 5.27. The molecule has 9 heteroatoms. The van der Waals surface area contributed by atoms with E-state index in [4.69, 9.17) is 0 Å². The van der Waals surface area contributed by atoms with Crippen LogP contribution >= 0.6 is 23.1 Å². The van der Waals surface area contributed by atoms with Crippen molar-refractivity contribution in [3.8, 4) is 11.1 Å². The number of carboxylic acids is 1. The van der Waals surface area contributed by atoms with Crippen LogP contribution in [0.4, 0.5) is 5.69 Å². The molecule has 3 aromatic carbocycles. The Hall–Kier alpha value is -3.02. The SMILES string of the molecule is CSCC[C@H](NC(=O)c1ccc(CN(Cc2csc(C)n2)c2ccccc2)cc1-c1ccccc1C)C(=O)[O-].[Li+]. The second kappa shape index (κ2) is 15.1. The van der Waals surface area contributed by atoms with Crippen LogP contribution in [0.3, 0.4) is 0 Å². The van der Waals surface area contributed by atoms with Gasteiger partial charge in [0.2, 0.25) is 0 Å². The Morgan fingerprint density at radius 2 is 1.73 bits per heavy atom. The van der Waals surface area contributed by atoms with Crippen molar-refractivity contribution in [3.63, 3.8) is 0 Å². The van der Waals surface area contributed by atoms with Gasteiger partial charge in [-0.25, -0.2) is 4.98 Å². The minimum absolute atomic E-state index is 0. The molecular formula is C31H32LiN3O3S2. The van der Waals surface area contributed by atoms with Gasteiger partial charge in [0, 0.05) is 23.2 Å². The number of carbonyl (C=O) groups is 2. The molecule has 4 aromatic rings. The second-order valence-corrected chi connectivity index (χ2v) is 11.4. The maximum Gasteiger partial charge on any atom is 1.00 e. The largest absolute Gasteiger partial charge is 1.00 e. The van der Waals surface area contributed by atoms with E-state index in [0.29, 0.717) is 30.8 Å². The van der Waals surface area contributed by atoms with Crippen LogP contribution in [0, 0.1) is 13.8 Å². The number of hydrogen-bond donors (Lipinski definition) is 1. The smallest absolute Gasteiger partial charge is 0.548 e. The summed E-state index contributed by atoms with van der Waals surface area (Å²) in [6, 6.07) is 22.8. The van der Waals surface area contributed by atoms with Crippen LogP contribution in [0.15, 0.2) is 78.2 Å². The molecule has 1 N–H and O–H groups in total. The van der Waals surface area contributed by atoms with Crippen molar-refractivity contribution in [2.45, 2.75) is 39.4 Å². The van der Waals surface area contributed by atoms with Crippen molar-refractivity contribution in [1.29, 1.82) is 0 Å². The number of aryl methyl sites for hydroxylation is 2. The number of aliphatic carboxylic acids is 1. The molecule has 0 spiro atoms. The topological polar surface area (TPSA) is 85.4 Å². The van der Waals surface area contributed by atoms with Crippen LogP contribution in [0.5, 0.6) is 0 Å². The van der Waals surface area contributed by atoms with Crippen LogP contribution in [0.25, 0.3) is 11.1 Å². The first-order chi connectivity index (χ1) is 18.9. The fraction of sp³-hybridized carbons (Fsp3) is 0.258. The fourth-order valence-corrected chi connectivity index (χ4v) is 5.56. The van der Waals surface area contributed by atoms with Crippen molar-refractivity contribution in [2.24, 2.45) is 0 Å².